The van der Waals surface area contributed by atoms with Gasteiger partial charge in [0.15, 0.2) is 0 Å². The molecule has 202 valence electrons. The second kappa shape index (κ2) is 12.4. The zero-order valence-corrected chi connectivity index (χ0v) is 21.6. The Bertz CT molecular complexity index is 1060. The molecule has 0 aliphatic heterocycles. The highest BCUT2D eigenvalue weighted by Gasteiger charge is 2.31. The van der Waals surface area contributed by atoms with Gasteiger partial charge in [-0.15, -0.1) is 13.2 Å². The van der Waals surface area contributed by atoms with Crippen LogP contribution in [0.3, 0.4) is 0 Å². The van der Waals surface area contributed by atoms with Crippen molar-refractivity contribution < 1.29 is 26.7 Å². The second-order valence-corrected chi connectivity index (χ2v) is 10.8. The SMILES string of the molecule is CCCCCCC1CCC(CCC2=CCc3c(cc(F)c(-c4ccc(OC(F)(F)F)cc4)c3F)C2)CC1. The van der Waals surface area contributed by atoms with Crippen LogP contribution in [0.25, 0.3) is 11.1 Å². The van der Waals surface area contributed by atoms with Crippen LogP contribution in [0.1, 0.15) is 88.7 Å². The van der Waals surface area contributed by atoms with Crippen molar-refractivity contribution in [2.75, 3.05) is 0 Å². The lowest BCUT2D eigenvalue weighted by atomic mass is 9.77. The van der Waals surface area contributed by atoms with Crippen molar-refractivity contribution in [1.29, 1.82) is 0 Å². The number of halogens is 5. The maximum Gasteiger partial charge on any atom is 0.573 e. The van der Waals surface area contributed by atoms with Crippen LogP contribution in [0, 0.1) is 23.5 Å². The van der Waals surface area contributed by atoms with Crippen molar-refractivity contribution in [3.8, 4) is 16.9 Å². The Hall–Kier alpha value is -2.37. The molecular formula is C31H37F5O. The van der Waals surface area contributed by atoms with Gasteiger partial charge in [0, 0.05) is 0 Å². The molecule has 0 saturated heterocycles. The minimum absolute atomic E-state index is 0.183. The highest BCUT2D eigenvalue weighted by Crippen LogP contribution is 2.38. The average Bonchev–Trinajstić information content (AvgIpc) is 2.86. The third kappa shape index (κ3) is 7.58. The fraction of sp³-hybridized carbons (Fsp3) is 0.548. The van der Waals surface area contributed by atoms with Crippen LogP contribution < -0.4 is 4.74 Å². The zero-order valence-electron chi connectivity index (χ0n) is 21.6. The lowest BCUT2D eigenvalue weighted by molar-refractivity contribution is -0.274. The van der Waals surface area contributed by atoms with Crippen molar-refractivity contribution >= 4 is 0 Å². The number of unbranched alkanes of at least 4 members (excludes halogenated alkanes) is 3. The molecule has 37 heavy (non-hydrogen) atoms. The molecule has 6 heteroatoms. The third-order valence-electron chi connectivity index (χ3n) is 8.11. The molecule has 1 fully saturated rings. The third-order valence-corrected chi connectivity index (χ3v) is 8.11. The van der Waals surface area contributed by atoms with E-state index in [-0.39, 0.29) is 11.1 Å². The maximum atomic E-state index is 15.4. The van der Waals surface area contributed by atoms with Crippen molar-refractivity contribution in [2.24, 2.45) is 11.8 Å². The molecule has 2 aromatic rings. The van der Waals surface area contributed by atoms with E-state index in [1.54, 1.807) is 0 Å². The van der Waals surface area contributed by atoms with Gasteiger partial charge in [-0.05, 0) is 72.4 Å². The van der Waals surface area contributed by atoms with Gasteiger partial charge in [-0.3, -0.25) is 0 Å². The van der Waals surface area contributed by atoms with Gasteiger partial charge < -0.3 is 4.74 Å². The zero-order chi connectivity index (χ0) is 26.4. The molecule has 0 amide bonds. The van der Waals surface area contributed by atoms with Gasteiger partial charge in [-0.2, -0.15) is 0 Å². The summed E-state index contributed by atoms with van der Waals surface area (Å²) < 4.78 is 71.4. The summed E-state index contributed by atoms with van der Waals surface area (Å²) in [7, 11) is 0. The predicted molar refractivity (Wildman–Crippen MR) is 137 cm³/mol. The highest BCUT2D eigenvalue weighted by atomic mass is 19.4. The number of hydrogen-bond acceptors (Lipinski definition) is 1. The van der Waals surface area contributed by atoms with E-state index in [0.717, 1.165) is 36.8 Å². The second-order valence-electron chi connectivity index (χ2n) is 10.8. The Kier molecular flexibility index (Phi) is 9.31. The quantitative estimate of drug-likeness (QED) is 0.172. The minimum atomic E-state index is -4.82. The molecule has 0 radical (unpaired) electrons. The fourth-order valence-electron chi connectivity index (χ4n) is 5.99. The van der Waals surface area contributed by atoms with E-state index < -0.39 is 23.7 Å². The molecule has 2 aliphatic carbocycles. The Labute approximate surface area is 217 Å². The summed E-state index contributed by atoms with van der Waals surface area (Å²) in [6.07, 6.45) is 12.3. The van der Waals surface area contributed by atoms with Gasteiger partial charge in [0.25, 0.3) is 0 Å². The lowest BCUT2D eigenvalue weighted by Gasteiger charge is -2.29. The Balaban J connectivity index is 1.32. The minimum Gasteiger partial charge on any atom is -0.406 e. The van der Waals surface area contributed by atoms with Crippen molar-refractivity contribution in [1.82, 2.24) is 0 Å². The maximum absolute atomic E-state index is 15.4. The van der Waals surface area contributed by atoms with E-state index in [4.69, 9.17) is 0 Å². The Morgan fingerprint density at radius 2 is 1.57 bits per heavy atom. The molecule has 0 N–H and O–H groups in total. The topological polar surface area (TPSA) is 9.23 Å². The standard InChI is InChI=1S/C31H37F5O/c1-2-3-4-5-6-21-7-9-22(10-8-21)11-12-23-13-18-27-25(19-23)20-28(32)29(30(27)33)24-14-16-26(17-15-24)37-31(34,35)36/h13-17,20-22H,2-12,18-19H2,1H3. The molecule has 2 aliphatic rings. The van der Waals surface area contributed by atoms with Crippen LogP contribution in [0.5, 0.6) is 5.75 Å². The normalized spacial score (nSPS) is 19.9. The first-order valence-electron chi connectivity index (χ1n) is 13.8. The fourth-order valence-corrected chi connectivity index (χ4v) is 5.99. The van der Waals surface area contributed by atoms with Crippen LogP contribution in [0.4, 0.5) is 22.0 Å². The van der Waals surface area contributed by atoms with E-state index in [9.17, 15) is 17.6 Å². The lowest BCUT2D eigenvalue weighted by Crippen LogP contribution is -2.17. The summed E-state index contributed by atoms with van der Waals surface area (Å²) in [5, 5.41) is 0. The number of rotatable bonds is 10. The molecule has 4 rings (SSSR count). The first-order chi connectivity index (χ1) is 17.7. The van der Waals surface area contributed by atoms with Crippen molar-refractivity contribution in [3.05, 3.63) is 64.7 Å². The van der Waals surface area contributed by atoms with Crippen LogP contribution in [0.2, 0.25) is 0 Å². The predicted octanol–water partition coefficient (Wildman–Crippen LogP) is 10.1. The summed E-state index contributed by atoms with van der Waals surface area (Å²) >= 11 is 0. The van der Waals surface area contributed by atoms with Gasteiger partial charge >= 0.3 is 6.36 Å². The van der Waals surface area contributed by atoms with Gasteiger partial charge in [0.1, 0.15) is 17.4 Å². The summed E-state index contributed by atoms with van der Waals surface area (Å²) in [4.78, 5) is 0. The summed E-state index contributed by atoms with van der Waals surface area (Å²) in [6, 6.07) is 6.03. The highest BCUT2D eigenvalue weighted by molar-refractivity contribution is 5.68. The van der Waals surface area contributed by atoms with Gasteiger partial charge in [0.05, 0.1) is 5.56 Å². The number of hydrogen-bond donors (Lipinski definition) is 0. The Morgan fingerprint density at radius 1 is 0.892 bits per heavy atom. The Morgan fingerprint density at radius 3 is 2.22 bits per heavy atom. The molecule has 0 aromatic heterocycles. The van der Waals surface area contributed by atoms with Gasteiger partial charge in [0.2, 0.25) is 0 Å². The molecule has 0 atom stereocenters. The number of allylic oxidation sites excluding steroid dienone is 2. The summed E-state index contributed by atoms with van der Waals surface area (Å²) in [6.45, 7) is 2.25. The number of benzene rings is 2. The van der Waals surface area contributed by atoms with Gasteiger partial charge in [-0.1, -0.05) is 88.5 Å². The van der Waals surface area contributed by atoms with Crippen LogP contribution in [0.15, 0.2) is 42.0 Å². The smallest absolute Gasteiger partial charge is 0.406 e. The molecule has 0 unspecified atom stereocenters. The molecule has 0 heterocycles. The van der Waals surface area contributed by atoms with Crippen LogP contribution >= 0.6 is 0 Å². The first kappa shape index (κ1) is 27.7. The molecule has 2 aromatic carbocycles. The number of alkyl halides is 3. The number of fused-ring (bicyclic) bond motifs is 1. The monoisotopic (exact) mass is 520 g/mol. The van der Waals surface area contributed by atoms with Crippen molar-refractivity contribution in [2.45, 2.75) is 96.8 Å². The summed E-state index contributed by atoms with van der Waals surface area (Å²) in [5.41, 5.74) is 2.36. The van der Waals surface area contributed by atoms with Crippen LogP contribution in [-0.4, -0.2) is 6.36 Å². The van der Waals surface area contributed by atoms with E-state index >= 15 is 4.39 Å². The molecule has 0 bridgehead atoms. The molecule has 1 saturated carbocycles. The molecule has 1 nitrogen and oxygen atoms in total. The van der Waals surface area contributed by atoms with E-state index in [1.807, 2.05) is 0 Å². The van der Waals surface area contributed by atoms with Crippen molar-refractivity contribution in [3.63, 3.8) is 0 Å². The summed E-state index contributed by atoms with van der Waals surface area (Å²) in [5.74, 6) is -0.119. The van der Waals surface area contributed by atoms with E-state index in [1.165, 1.54) is 81.6 Å². The molecule has 0 spiro atoms. The largest absolute Gasteiger partial charge is 0.573 e. The van der Waals surface area contributed by atoms with Gasteiger partial charge in [-0.25, -0.2) is 8.78 Å². The first-order valence-corrected chi connectivity index (χ1v) is 13.8. The number of ether oxygens (including phenoxy) is 1. The van der Waals surface area contributed by atoms with E-state index in [2.05, 4.69) is 17.7 Å². The van der Waals surface area contributed by atoms with Crippen LogP contribution in [-0.2, 0) is 12.8 Å². The van der Waals surface area contributed by atoms with E-state index in [0.29, 0.717) is 24.0 Å². The molecular weight excluding hydrogens is 483 g/mol. The average molecular weight is 521 g/mol.